The van der Waals surface area contributed by atoms with Crippen LogP contribution in [0.4, 0.5) is 5.69 Å². The zero-order chi connectivity index (χ0) is 24.3. The first kappa shape index (κ1) is 21.3. The summed E-state index contributed by atoms with van der Waals surface area (Å²) in [4.78, 5) is 32.1. The van der Waals surface area contributed by atoms with E-state index in [0.29, 0.717) is 16.3 Å². The number of benzene rings is 3. The van der Waals surface area contributed by atoms with Crippen molar-refractivity contribution in [1.82, 2.24) is 4.98 Å². The maximum absolute atomic E-state index is 13.8. The molecule has 0 bridgehead atoms. The summed E-state index contributed by atoms with van der Waals surface area (Å²) >= 11 is 6.24. The predicted molar refractivity (Wildman–Crippen MR) is 135 cm³/mol. The first-order valence-corrected chi connectivity index (χ1v) is 11.4. The van der Waals surface area contributed by atoms with Crippen molar-refractivity contribution < 1.29 is 19.1 Å². The lowest BCUT2D eigenvalue weighted by Gasteiger charge is -2.27. The Labute approximate surface area is 205 Å². The number of ketones is 1. The third kappa shape index (κ3) is 3.26. The second kappa shape index (κ2) is 7.89. The highest BCUT2D eigenvalue weighted by Gasteiger charge is 2.46. The fourth-order valence-electron chi connectivity index (χ4n) is 4.88. The molecule has 0 spiro atoms. The van der Waals surface area contributed by atoms with Crippen LogP contribution < -0.4 is 4.90 Å². The van der Waals surface area contributed by atoms with Crippen molar-refractivity contribution in [2.45, 2.75) is 13.0 Å². The number of halogens is 1. The van der Waals surface area contributed by atoms with E-state index in [9.17, 15) is 14.7 Å². The van der Waals surface area contributed by atoms with Crippen molar-refractivity contribution in [3.63, 3.8) is 0 Å². The van der Waals surface area contributed by atoms with Crippen LogP contribution in [-0.4, -0.2) is 21.8 Å². The topological polar surface area (TPSA) is 86.5 Å². The van der Waals surface area contributed by atoms with Crippen LogP contribution in [0.15, 0.2) is 94.6 Å². The predicted octanol–water partition coefficient (Wildman–Crippen LogP) is 6.66. The van der Waals surface area contributed by atoms with Crippen LogP contribution in [0.1, 0.15) is 27.9 Å². The molecule has 6 rings (SSSR count). The Morgan fingerprint density at radius 2 is 1.80 bits per heavy atom. The van der Waals surface area contributed by atoms with Gasteiger partial charge in [0.25, 0.3) is 5.91 Å². The van der Waals surface area contributed by atoms with Crippen molar-refractivity contribution >= 4 is 50.9 Å². The first-order valence-electron chi connectivity index (χ1n) is 11.1. The van der Waals surface area contributed by atoms with Crippen LogP contribution in [0.5, 0.6) is 0 Å². The zero-order valence-electron chi connectivity index (χ0n) is 18.6. The summed E-state index contributed by atoms with van der Waals surface area (Å²) in [6.45, 7) is 1.88. The van der Waals surface area contributed by atoms with Gasteiger partial charge in [-0.1, -0.05) is 54.1 Å². The standard InChI is InChI=1S/C28H19ClN2O4/c1-15-23(19-10-3-4-11-20(19)30-15)25-24(26(32)22-13-16-7-2-5-12-21(16)35-22)27(33)28(34)31(25)18-9-6-8-17(29)14-18/h2-14,25,30,33H,1H3. The number of aromatic amines is 1. The Balaban J connectivity index is 1.59. The molecule has 2 aromatic heterocycles. The molecule has 1 atom stereocenters. The van der Waals surface area contributed by atoms with Gasteiger partial charge in [-0.2, -0.15) is 0 Å². The van der Waals surface area contributed by atoms with Crippen LogP contribution in [0.2, 0.25) is 5.02 Å². The average molecular weight is 483 g/mol. The Morgan fingerprint density at radius 3 is 2.60 bits per heavy atom. The number of anilines is 1. The molecule has 3 aromatic carbocycles. The molecule has 0 fully saturated rings. The minimum absolute atomic E-state index is 0.0399. The normalized spacial score (nSPS) is 16.1. The van der Waals surface area contributed by atoms with Gasteiger partial charge in [0.15, 0.2) is 11.5 Å². The summed E-state index contributed by atoms with van der Waals surface area (Å²) in [5.74, 6) is -1.78. The number of carbonyl (C=O) groups excluding carboxylic acids is 2. The summed E-state index contributed by atoms with van der Waals surface area (Å²) in [7, 11) is 0. The number of nitrogens with one attached hydrogen (secondary N) is 1. The second-order valence-electron chi connectivity index (χ2n) is 8.51. The third-order valence-electron chi connectivity index (χ3n) is 6.41. The van der Waals surface area contributed by atoms with Gasteiger partial charge < -0.3 is 14.5 Å². The molecule has 5 aromatic rings. The minimum atomic E-state index is -0.891. The maximum atomic E-state index is 13.8. The molecule has 7 heteroatoms. The van der Waals surface area contributed by atoms with Gasteiger partial charge in [0.05, 0.1) is 11.6 Å². The molecule has 172 valence electrons. The molecule has 1 aliphatic heterocycles. The lowest BCUT2D eigenvalue weighted by atomic mass is 9.92. The molecule has 35 heavy (non-hydrogen) atoms. The number of para-hydroxylation sites is 2. The number of aliphatic hydroxyl groups is 1. The summed E-state index contributed by atoms with van der Waals surface area (Å²) < 4.78 is 5.82. The summed E-state index contributed by atoms with van der Waals surface area (Å²) in [5.41, 5.74) is 3.34. The van der Waals surface area contributed by atoms with E-state index in [1.165, 1.54) is 4.90 Å². The third-order valence-corrected chi connectivity index (χ3v) is 6.64. The number of H-pyrrole nitrogens is 1. The molecule has 0 aliphatic carbocycles. The number of nitrogens with zero attached hydrogens (tertiary/aromatic N) is 1. The van der Waals surface area contributed by atoms with Gasteiger partial charge in [-0.25, -0.2) is 0 Å². The van der Waals surface area contributed by atoms with Crippen LogP contribution in [-0.2, 0) is 4.79 Å². The van der Waals surface area contributed by atoms with Gasteiger partial charge in [-0.05, 0) is 43.3 Å². The average Bonchev–Trinajstić information content (AvgIpc) is 3.50. The Kier molecular flexibility index (Phi) is 4.79. The highest BCUT2D eigenvalue weighted by molar-refractivity contribution is 6.31. The molecule has 1 aliphatic rings. The van der Waals surface area contributed by atoms with Crippen molar-refractivity contribution in [1.29, 1.82) is 0 Å². The lowest BCUT2D eigenvalue weighted by Crippen LogP contribution is -2.31. The fourth-order valence-corrected chi connectivity index (χ4v) is 5.06. The number of aliphatic hydroxyl groups excluding tert-OH is 1. The largest absolute Gasteiger partial charge is 0.503 e. The number of aromatic nitrogens is 1. The van der Waals surface area contributed by atoms with Gasteiger partial charge in [-0.15, -0.1) is 0 Å². The molecular weight excluding hydrogens is 464 g/mol. The van der Waals surface area contributed by atoms with Gasteiger partial charge in [0, 0.05) is 38.3 Å². The molecule has 0 radical (unpaired) electrons. The molecule has 0 saturated carbocycles. The van der Waals surface area contributed by atoms with E-state index in [0.717, 1.165) is 27.5 Å². The van der Waals surface area contributed by atoms with E-state index in [4.69, 9.17) is 16.0 Å². The summed E-state index contributed by atoms with van der Waals surface area (Å²) in [6, 6.07) is 22.4. The number of carbonyl (C=O) groups is 2. The van der Waals surface area contributed by atoms with Crippen LogP contribution >= 0.6 is 11.6 Å². The SMILES string of the molecule is Cc1[nH]c2ccccc2c1C1C(C(=O)c2cc3ccccc3o2)=C(O)C(=O)N1c1cccc(Cl)c1. The van der Waals surface area contributed by atoms with Crippen LogP contribution in [0.3, 0.4) is 0 Å². The molecule has 0 saturated heterocycles. The first-order chi connectivity index (χ1) is 16.9. The second-order valence-corrected chi connectivity index (χ2v) is 8.94. The molecule has 6 nitrogen and oxygen atoms in total. The highest BCUT2D eigenvalue weighted by atomic mass is 35.5. The Morgan fingerprint density at radius 1 is 1.03 bits per heavy atom. The number of Topliss-reactive ketones (excluding diaryl/α,β-unsaturated/α-hetero) is 1. The lowest BCUT2D eigenvalue weighted by molar-refractivity contribution is -0.117. The van der Waals surface area contributed by atoms with E-state index < -0.39 is 23.5 Å². The van der Waals surface area contributed by atoms with Crippen LogP contribution in [0.25, 0.3) is 21.9 Å². The fraction of sp³-hybridized carbons (Fsp3) is 0.0714. The van der Waals surface area contributed by atoms with Gasteiger partial charge >= 0.3 is 0 Å². The number of amides is 1. The number of fused-ring (bicyclic) bond motifs is 2. The zero-order valence-corrected chi connectivity index (χ0v) is 19.3. The molecule has 1 unspecified atom stereocenters. The van der Waals surface area contributed by atoms with Crippen molar-refractivity contribution in [2.75, 3.05) is 4.90 Å². The molecule has 1 amide bonds. The van der Waals surface area contributed by atoms with Crippen molar-refractivity contribution in [3.8, 4) is 0 Å². The smallest absolute Gasteiger partial charge is 0.294 e. The van der Waals surface area contributed by atoms with Crippen molar-refractivity contribution in [2.24, 2.45) is 0 Å². The van der Waals surface area contributed by atoms with E-state index in [2.05, 4.69) is 4.98 Å². The number of hydrogen-bond acceptors (Lipinski definition) is 4. The van der Waals surface area contributed by atoms with E-state index in [1.54, 1.807) is 36.4 Å². The Bertz CT molecular complexity index is 1660. The maximum Gasteiger partial charge on any atom is 0.294 e. The summed E-state index contributed by atoms with van der Waals surface area (Å²) in [6.07, 6.45) is 0. The number of hydrogen-bond donors (Lipinski definition) is 2. The van der Waals surface area contributed by atoms with Gasteiger partial charge in [0.2, 0.25) is 5.78 Å². The van der Waals surface area contributed by atoms with Crippen molar-refractivity contribution in [3.05, 3.63) is 112 Å². The number of furan rings is 1. The van der Waals surface area contributed by atoms with E-state index >= 15 is 0 Å². The van der Waals surface area contributed by atoms with E-state index in [1.807, 2.05) is 49.4 Å². The molecular formula is C28H19ClN2O4. The minimum Gasteiger partial charge on any atom is -0.503 e. The Hall–Kier alpha value is -4.29. The van der Waals surface area contributed by atoms with Crippen LogP contribution in [0, 0.1) is 6.92 Å². The number of rotatable bonds is 4. The highest BCUT2D eigenvalue weighted by Crippen LogP contribution is 2.45. The monoisotopic (exact) mass is 482 g/mol. The number of aryl methyl sites for hydroxylation is 1. The van der Waals surface area contributed by atoms with Gasteiger partial charge in [0.1, 0.15) is 5.58 Å². The quantitative estimate of drug-likeness (QED) is 0.280. The summed E-state index contributed by atoms with van der Waals surface area (Å²) in [5, 5.41) is 13.1. The van der Waals surface area contributed by atoms with E-state index in [-0.39, 0.29) is 11.3 Å². The molecule has 2 N–H and O–H groups in total. The molecule has 3 heterocycles. The van der Waals surface area contributed by atoms with Gasteiger partial charge in [-0.3, -0.25) is 14.5 Å².